The Hall–Kier alpha value is -0.910. The summed E-state index contributed by atoms with van der Waals surface area (Å²) in [5.41, 5.74) is 0.640. The first-order valence-corrected chi connectivity index (χ1v) is 10.2. The number of halogens is 2. The maximum absolute atomic E-state index is 12.2. The summed E-state index contributed by atoms with van der Waals surface area (Å²) in [4.78, 5) is 18.7. The summed E-state index contributed by atoms with van der Waals surface area (Å²) in [6.45, 7) is 4.19. The fourth-order valence-electron chi connectivity index (χ4n) is 3.40. The molecule has 2 unspecified atom stereocenters. The van der Waals surface area contributed by atoms with Crippen LogP contribution in [-0.4, -0.2) is 75.4 Å². The molecule has 2 N–H and O–H groups in total. The number of carbonyl (C=O) groups is 1. The fourth-order valence-corrected chi connectivity index (χ4v) is 3.80. The van der Waals surface area contributed by atoms with Gasteiger partial charge in [0.05, 0.1) is 12.7 Å². The zero-order valence-corrected chi connectivity index (χ0v) is 19.9. The maximum atomic E-state index is 12.2. The lowest BCUT2D eigenvalue weighted by molar-refractivity contribution is -0.0816. The van der Waals surface area contributed by atoms with E-state index in [1.54, 1.807) is 19.2 Å². The van der Waals surface area contributed by atoms with Crippen LogP contribution < -0.4 is 10.6 Å². The minimum Gasteiger partial charge on any atom is -0.375 e. The molecule has 0 aromatic heterocycles. The molecule has 0 bridgehead atoms. The molecule has 28 heavy (non-hydrogen) atoms. The highest BCUT2D eigenvalue weighted by molar-refractivity contribution is 14.0. The van der Waals surface area contributed by atoms with Gasteiger partial charge in [-0.1, -0.05) is 22.0 Å². The number of aliphatic imine (C=N–C) groups is 1. The number of carbonyl (C=O) groups excluding carboxylic acids is 1. The number of ether oxygens (including phenoxy) is 2. The second-order valence-electron chi connectivity index (χ2n) is 6.65. The minimum absolute atomic E-state index is 0. The second kappa shape index (κ2) is 11.9. The average Bonchev–Trinajstić information content (AvgIpc) is 3.23. The Bertz CT molecular complexity index is 670. The number of morpholine rings is 1. The number of amides is 1. The van der Waals surface area contributed by atoms with Gasteiger partial charge in [0.25, 0.3) is 5.91 Å². The van der Waals surface area contributed by atoms with Crippen LogP contribution in [0, 0.1) is 0 Å². The quantitative estimate of drug-likeness (QED) is 0.247. The summed E-state index contributed by atoms with van der Waals surface area (Å²) in [5.74, 6) is 0.746. The van der Waals surface area contributed by atoms with Gasteiger partial charge in [-0.15, -0.1) is 24.0 Å². The van der Waals surface area contributed by atoms with Crippen LogP contribution in [0.25, 0.3) is 0 Å². The van der Waals surface area contributed by atoms with Gasteiger partial charge in [-0.05, 0) is 31.0 Å². The Morgan fingerprint density at radius 3 is 2.75 bits per heavy atom. The summed E-state index contributed by atoms with van der Waals surface area (Å²) in [6, 6.07) is 7.35. The van der Waals surface area contributed by atoms with Gasteiger partial charge < -0.3 is 25.0 Å². The van der Waals surface area contributed by atoms with E-state index in [1.807, 2.05) is 12.1 Å². The molecular formula is C19H28BrIN4O3. The van der Waals surface area contributed by atoms with E-state index in [0.717, 1.165) is 43.0 Å². The van der Waals surface area contributed by atoms with Crippen LogP contribution in [0.3, 0.4) is 0 Å². The van der Waals surface area contributed by atoms with Gasteiger partial charge in [0.15, 0.2) is 5.96 Å². The zero-order chi connectivity index (χ0) is 19.1. The van der Waals surface area contributed by atoms with Crippen molar-refractivity contribution in [1.29, 1.82) is 0 Å². The lowest BCUT2D eigenvalue weighted by atomic mass is 10.1. The topological polar surface area (TPSA) is 75.2 Å². The van der Waals surface area contributed by atoms with Crippen molar-refractivity contribution >= 4 is 51.8 Å². The van der Waals surface area contributed by atoms with Crippen molar-refractivity contribution < 1.29 is 14.3 Å². The van der Waals surface area contributed by atoms with Gasteiger partial charge in [0, 0.05) is 49.9 Å². The molecule has 1 aromatic carbocycles. The lowest BCUT2D eigenvalue weighted by Crippen LogP contribution is -2.54. The normalized spacial score (nSPS) is 22.5. The predicted octanol–water partition coefficient (Wildman–Crippen LogP) is 2.25. The van der Waals surface area contributed by atoms with Crippen molar-refractivity contribution in [2.24, 2.45) is 4.99 Å². The highest BCUT2D eigenvalue weighted by Gasteiger charge is 2.32. The van der Waals surface area contributed by atoms with Crippen LogP contribution in [-0.2, 0) is 9.47 Å². The van der Waals surface area contributed by atoms with Crippen LogP contribution in [0.4, 0.5) is 0 Å². The highest BCUT2D eigenvalue weighted by Crippen LogP contribution is 2.21. The molecule has 156 valence electrons. The Kier molecular flexibility index (Phi) is 9.96. The average molecular weight is 567 g/mol. The van der Waals surface area contributed by atoms with Gasteiger partial charge in [0.1, 0.15) is 6.10 Å². The first-order chi connectivity index (χ1) is 13.2. The molecule has 1 aromatic rings. The third-order valence-electron chi connectivity index (χ3n) is 4.76. The van der Waals surface area contributed by atoms with Crippen molar-refractivity contribution in [2.45, 2.75) is 25.0 Å². The Morgan fingerprint density at radius 1 is 1.25 bits per heavy atom. The third kappa shape index (κ3) is 6.57. The lowest BCUT2D eigenvalue weighted by Gasteiger charge is -2.37. The van der Waals surface area contributed by atoms with E-state index in [-0.39, 0.29) is 42.1 Å². The Morgan fingerprint density at radius 2 is 2.04 bits per heavy atom. The van der Waals surface area contributed by atoms with Crippen LogP contribution in [0.5, 0.6) is 0 Å². The number of hydrogen-bond donors (Lipinski definition) is 2. The number of nitrogens with zero attached hydrogens (tertiary/aromatic N) is 2. The largest absolute Gasteiger partial charge is 0.375 e. The zero-order valence-electron chi connectivity index (χ0n) is 16.0. The highest BCUT2D eigenvalue weighted by atomic mass is 127. The Labute approximate surface area is 191 Å². The number of guanidine groups is 1. The maximum Gasteiger partial charge on any atom is 0.251 e. The van der Waals surface area contributed by atoms with Gasteiger partial charge in [-0.2, -0.15) is 0 Å². The molecule has 2 aliphatic heterocycles. The van der Waals surface area contributed by atoms with Gasteiger partial charge in [-0.3, -0.25) is 9.79 Å². The molecule has 1 amide bonds. The van der Waals surface area contributed by atoms with E-state index in [0.29, 0.717) is 25.3 Å². The van der Waals surface area contributed by atoms with Gasteiger partial charge >= 0.3 is 0 Å². The molecule has 3 rings (SSSR count). The van der Waals surface area contributed by atoms with Crippen molar-refractivity contribution in [2.75, 3.05) is 46.4 Å². The van der Waals surface area contributed by atoms with E-state index >= 15 is 0 Å². The van der Waals surface area contributed by atoms with Crippen LogP contribution in [0.15, 0.2) is 33.7 Å². The van der Waals surface area contributed by atoms with Crippen LogP contribution in [0.2, 0.25) is 0 Å². The van der Waals surface area contributed by atoms with Gasteiger partial charge in [0.2, 0.25) is 0 Å². The van der Waals surface area contributed by atoms with Crippen molar-refractivity contribution in [3.05, 3.63) is 34.3 Å². The summed E-state index contributed by atoms with van der Waals surface area (Å²) in [7, 11) is 1.78. The number of rotatable bonds is 5. The fraction of sp³-hybridized carbons (Fsp3) is 0.579. The van der Waals surface area contributed by atoms with Gasteiger partial charge in [-0.25, -0.2) is 0 Å². The SMILES string of the molecule is CN=C(NCCNC(=O)c1cccc(Br)c1)N1CCOC(C2CCCO2)C1.I. The molecule has 0 spiro atoms. The summed E-state index contributed by atoms with van der Waals surface area (Å²) >= 11 is 3.38. The Balaban J connectivity index is 0.00000280. The van der Waals surface area contributed by atoms with E-state index < -0.39 is 0 Å². The van der Waals surface area contributed by atoms with Crippen molar-refractivity contribution in [3.8, 4) is 0 Å². The third-order valence-corrected chi connectivity index (χ3v) is 5.26. The van der Waals surface area contributed by atoms with E-state index in [9.17, 15) is 4.79 Å². The summed E-state index contributed by atoms with van der Waals surface area (Å²) in [5, 5.41) is 6.25. The smallest absolute Gasteiger partial charge is 0.251 e. The molecule has 9 heteroatoms. The van der Waals surface area contributed by atoms with Crippen molar-refractivity contribution in [3.63, 3.8) is 0 Å². The van der Waals surface area contributed by atoms with E-state index in [2.05, 4.69) is 36.5 Å². The summed E-state index contributed by atoms with van der Waals surface area (Å²) in [6.07, 6.45) is 2.45. The monoisotopic (exact) mass is 566 g/mol. The number of nitrogens with one attached hydrogen (secondary N) is 2. The minimum atomic E-state index is -0.0853. The van der Waals surface area contributed by atoms with Crippen LogP contribution in [0.1, 0.15) is 23.2 Å². The molecule has 7 nitrogen and oxygen atoms in total. The molecule has 2 heterocycles. The molecule has 2 aliphatic rings. The molecule has 0 radical (unpaired) electrons. The molecule has 2 atom stereocenters. The summed E-state index contributed by atoms with van der Waals surface area (Å²) < 4.78 is 12.5. The van der Waals surface area contributed by atoms with E-state index in [1.165, 1.54) is 0 Å². The predicted molar refractivity (Wildman–Crippen MR) is 124 cm³/mol. The second-order valence-corrected chi connectivity index (χ2v) is 7.56. The molecule has 0 aliphatic carbocycles. The van der Waals surface area contributed by atoms with Crippen LogP contribution >= 0.6 is 39.9 Å². The first-order valence-electron chi connectivity index (χ1n) is 9.40. The molecule has 2 fully saturated rings. The first kappa shape index (κ1) is 23.4. The van der Waals surface area contributed by atoms with Crippen molar-refractivity contribution in [1.82, 2.24) is 15.5 Å². The molecular weight excluding hydrogens is 539 g/mol. The van der Waals surface area contributed by atoms with E-state index in [4.69, 9.17) is 9.47 Å². The number of hydrogen-bond acceptors (Lipinski definition) is 4. The number of benzene rings is 1. The standard InChI is InChI=1S/C19H27BrN4O3.HI/c1-21-19(24-9-11-27-17(13-24)16-6-3-10-26-16)23-8-7-22-18(25)14-4-2-5-15(20)12-14;/h2,4-5,12,16-17H,3,6-11,13H2,1H3,(H,21,23)(H,22,25);1H. The molecule has 0 saturated carbocycles. The molecule has 2 saturated heterocycles.